The normalized spacial score (nSPS) is 10.6. The summed E-state index contributed by atoms with van der Waals surface area (Å²) in [5, 5.41) is 6.70. The van der Waals surface area contributed by atoms with Crippen LogP contribution in [0.1, 0.15) is 16.4 Å². The molecule has 4 rings (SSSR count). The molecule has 1 N–H and O–H groups in total. The van der Waals surface area contributed by atoms with E-state index >= 15 is 0 Å². The predicted octanol–water partition coefficient (Wildman–Crippen LogP) is 3.93. The molecule has 128 valence electrons. The number of hydrogen-bond acceptors (Lipinski definition) is 5. The molecule has 6 heteroatoms. The fourth-order valence-corrected chi connectivity index (χ4v) is 2.50. The Kier molecular flexibility index (Phi) is 4.30. The van der Waals surface area contributed by atoms with Crippen LogP contribution in [0.2, 0.25) is 0 Å². The van der Waals surface area contributed by atoms with E-state index < -0.39 is 5.91 Å². The number of amides is 1. The highest BCUT2D eigenvalue weighted by Gasteiger charge is 2.15. The molecule has 0 aliphatic heterocycles. The van der Waals surface area contributed by atoms with Gasteiger partial charge in [-0.2, -0.15) is 0 Å². The van der Waals surface area contributed by atoms with Crippen LogP contribution in [0.15, 0.2) is 81.9 Å². The summed E-state index contributed by atoms with van der Waals surface area (Å²) in [5.41, 5.74) is 2.41. The molecule has 0 bridgehead atoms. The lowest BCUT2D eigenvalue weighted by Gasteiger charge is -1.98. The van der Waals surface area contributed by atoms with Gasteiger partial charge in [0, 0.05) is 17.2 Å². The van der Waals surface area contributed by atoms with Crippen LogP contribution in [0.4, 0.5) is 0 Å². The highest BCUT2D eigenvalue weighted by Crippen LogP contribution is 2.21. The molecule has 0 spiro atoms. The number of benzene rings is 2. The van der Waals surface area contributed by atoms with Gasteiger partial charge in [0.05, 0.1) is 12.7 Å². The van der Waals surface area contributed by atoms with Crippen LogP contribution < -0.4 is 5.32 Å². The first-order chi connectivity index (χ1) is 12.8. The van der Waals surface area contributed by atoms with Crippen LogP contribution >= 0.6 is 0 Å². The van der Waals surface area contributed by atoms with Crippen molar-refractivity contribution in [3.63, 3.8) is 0 Å². The Labute approximate surface area is 149 Å². The number of nitrogens with one attached hydrogen (secondary N) is 1. The molecule has 0 fully saturated rings. The molecule has 0 unspecified atom stereocenters. The van der Waals surface area contributed by atoms with Crippen LogP contribution in [0.25, 0.3) is 22.6 Å². The maximum absolute atomic E-state index is 12.2. The quantitative estimate of drug-likeness (QED) is 0.593. The zero-order valence-corrected chi connectivity index (χ0v) is 13.8. The summed E-state index contributed by atoms with van der Waals surface area (Å²) >= 11 is 0. The summed E-state index contributed by atoms with van der Waals surface area (Å²) < 4.78 is 10.8. The Morgan fingerprint density at radius 2 is 1.58 bits per heavy atom. The summed E-state index contributed by atoms with van der Waals surface area (Å²) in [6.45, 7) is 0.220. The van der Waals surface area contributed by atoms with Gasteiger partial charge in [0.25, 0.3) is 5.89 Å². The summed E-state index contributed by atoms with van der Waals surface area (Å²) in [4.78, 5) is 16.2. The molecule has 2 aromatic carbocycles. The first kappa shape index (κ1) is 15.8. The number of rotatable bonds is 5. The molecule has 0 aliphatic rings. The summed E-state index contributed by atoms with van der Waals surface area (Å²) in [7, 11) is 0. The lowest BCUT2D eigenvalue weighted by Crippen LogP contribution is -2.23. The largest absolute Gasteiger partial charge is 0.432 e. The first-order valence-electron chi connectivity index (χ1n) is 8.10. The number of hydrogen-bond donors (Lipinski definition) is 1. The second-order valence-electron chi connectivity index (χ2n) is 5.63. The van der Waals surface area contributed by atoms with Gasteiger partial charge in [0.2, 0.25) is 0 Å². The number of oxazole rings is 1. The van der Waals surface area contributed by atoms with Crippen molar-refractivity contribution in [2.45, 2.75) is 6.54 Å². The van der Waals surface area contributed by atoms with E-state index in [4.69, 9.17) is 8.94 Å². The molecule has 4 aromatic rings. The molecule has 6 nitrogen and oxygen atoms in total. The zero-order chi connectivity index (χ0) is 17.8. The molecule has 26 heavy (non-hydrogen) atoms. The monoisotopic (exact) mass is 345 g/mol. The van der Waals surface area contributed by atoms with Crippen LogP contribution in [0.3, 0.4) is 0 Å². The van der Waals surface area contributed by atoms with Crippen molar-refractivity contribution in [3.05, 3.63) is 84.5 Å². The average Bonchev–Trinajstić information content (AvgIpc) is 3.37. The van der Waals surface area contributed by atoms with Crippen LogP contribution in [0, 0.1) is 0 Å². The SMILES string of the molecule is O=C(NCc1cc(-c2ccccc2)on1)c1ncc(-c2ccccc2)o1. The van der Waals surface area contributed by atoms with Gasteiger partial charge in [-0.25, -0.2) is 4.98 Å². The maximum atomic E-state index is 12.2. The minimum atomic E-state index is -0.406. The molecule has 0 atom stereocenters. The molecule has 2 aromatic heterocycles. The maximum Gasteiger partial charge on any atom is 0.307 e. The molecular formula is C20H15N3O3. The summed E-state index contributed by atoms with van der Waals surface area (Å²) in [5.74, 6) is 0.799. The minimum absolute atomic E-state index is 0.00984. The van der Waals surface area contributed by atoms with Gasteiger partial charge in [0.15, 0.2) is 11.5 Å². The van der Waals surface area contributed by atoms with Gasteiger partial charge in [-0.1, -0.05) is 65.8 Å². The summed E-state index contributed by atoms with van der Waals surface area (Å²) in [6.07, 6.45) is 1.54. The molecule has 0 saturated carbocycles. The lowest BCUT2D eigenvalue weighted by molar-refractivity contribution is 0.0916. The molecule has 1 amide bonds. The van der Waals surface area contributed by atoms with Gasteiger partial charge in [-0.3, -0.25) is 4.79 Å². The van der Waals surface area contributed by atoms with Gasteiger partial charge >= 0.3 is 5.91 Å². The Hall–Kier alpha value is -3.67. The van der Waals surface area contributed by atoms with E-state index in [2.05, 4.69) is 15.5 Å². The van der Waals surface area contributed by atoms with Crippen molar-refractivity contribution in [1.82, 2.24) is 15.5 Å². The Balaban J connectivity index is 1.40. The topological polar surface area (TPSA) is 81.2 Å². The van der Waals surface area contributed by atoms with E-state index in [-0.39, 0.29) is 12.4 Å². The van der Waals surface area contributed by atoms with E-state index in [9.17, 15) is 4.79 Å². The highest BCUT2D eigenvalue weighted by molar-refractivity contribution is 5.89. The Morgan fingerprint density at radius 3 is 2.27 bits per heavy atom. The second kappa shape index (κ2) is 7.06. The van der Waals surface area contributed by atoms with E-state index in [1.807, 2.05) is 60.7 Å². The van der Waals surface area contributed by atoms with E-state index in [1.165, 1.54) is 6.20 Å². The first-order valence-corrected chi connectivity index (χ1v) is 8.10. The molecular weight excluding hydrogens is 330 g/mol. The van der Waals surface area contributed by atoms with E-state index in [1.54, 1.807) is 6.07 Å². The lowest BCUT2D eigenvalue weighted by atomic mass is 10.2. The second-order valence-corrected chi connectivity index (χ2v) is 5.63. The highest BCUT2D eigenvalue weighted by atomic mass is 16.5. The van der Waals surface area contributed by atoms with Crippen molar-refractivity contribution < 1.29 is 13.7 Å². The third-order valence-electron chi connectivity index (χ3n) is 3.81. The number of carbonyl (C=O) groups excluding carboxylic acids is 1. The number of nitrogens with zero attached hydrogens (tertiary/aromatic N) is 2. The zero-order valence-electron chi connectivity index (χ0n) is 13.8. The van der Waals surface area contributed by atoms with Gasteiger partial charge in [0.1, 0.15) is 5.69 Å². The summed E-state index contributed by atoms with van der Waals surface area (Å²) in [6, 6.07) is 20.9. The predicted molar refractivity (Wildman–Crippen MR) is 95.0 cm³/mol. The minimum Gasteiger partial charge on any atom is -0.432 e. The Bertz CT molecular complexity index is 1010. The average molecular weight is 345 g/mol. The third kappa shape index (κ3) is 3.39. The van der Waals surface area contributed by atoms with Gasteiger partial charge in [-0.15, -0.1) is 0 Å². The molecule has 0 saturated heterocycles. The van der Waals surface area contributed by atoms with Crippen molar-refractivity contribution in [3.8, 4) is 22.6 Å². The number of carbonyl (C=O) groups is 1. The van der Waals surface area contributed by atoms with Crippen LogP contribution in [0.5, 0.6) is 0 Å². The van der Waals surface area contributed by atoms with Gasteiger partial charge in [-0.05, 0) is 0 Å². The van der Waals surface area contributed by atoms with Crippen molar-refractivity contribution in [1.29, 1.82) is 0 Å². The molecule has 0 radical (unpaired) electrons. The van der Waals surface area contributed by atoms with Crippen LogP contribution in [-0.4, -0.2) is 16.0 Å². The molecule has 0 aliphatic carbocycles. The van der Waals surface area contributed by atoms with E-state index in [0.717, 1.165) is 11.1 Å². The third-order valence-corrected chi connectivity index (χ3v) is 3.81. The number of aromatic nitrogens is 2. The smallest absolute Gasteiger partial charge is 0.307 e. The fourth-order valence-electron chi connectivity index (χ4n) is 2.50. The molecule has 2 heterocycles. The van der Waals surface area contributed by atoms with Crippen molar-refractivity contribution >= 4 is 5.91 Å². The van der Waals surface area contributed by atoms with Gasteiger partial charge < -0.3 is 14.3 Å². The fraction of sp³-hybridized carbons (Fsp3) is 0.0500. The van der Waals surface area contributed by atoms with Crippen LogP contribution in [-0.2, 0) is 6.54 Å². The van der Waals surface area contributed by atoms with Crippen molar-refractivity contribution in [2.75, 3.05) is 0 Å². The Morgan fingerprint density at radius 1 is 0.923 bits per heavy atom. The van der Waals surface area contributed by atoms with Crippen molar-refractivity contribution in [2.24, 2.45) is 0 Å². The standard InChI is InChI=1S/C20H15N3O3/c24-19(20-22-13-18(25-20)15-9-5-2-6-10-15)21-12-16-11-17(26-23-16)14-7-3-1-4-8-14/h1-11,13H,12H2,(H,21,24). The van der Waals surface area contributed by atoms with E-state index in [0.29, 0.717) is 17.2 Å².